The normalized spacial score (nSPS) is 15.9. The zero-order valence-corrected chi connectivity index (χ0v) is 16.3. The van der Waals surface area contributed by atoms with Gasteiger partial charge in [0.25, 0.3) is 0 Å². The molecule has 0 radical (unpaired) electrons. The Bertz CT molecular complexity index is 971. The zero-order valence-electron chi connectivity index (χ0n) is 16.3. The first-order chi connectivity index (χ1) is 13.6. The lowest BCUT2D eigenvalue weighted by molar-refractivity contribution is 0.312. The largest absolute Gasteiger partial charge is 0.370 e. The Kier molecular flexibility index (Phi) is 5.12. The Morgan fingerprint density at radius 2 is 1.86 bits per heavy atom. The van der Waals surface area contributed by atoms with Crippen molar-refractivity contribution in [1.82, 2.24) is 19.4 Å². The van der Waals surface area contributed by atoms with E-state index in [4.69, 9.17) is 10.7 Å². The van der Waals surface area contributed by atoms with Gasteiger partial charge in [0, 0.05) is 50.8 Å². The molecule has 28 heavy (non-hydrogen) atoms. The molecule has 0 amide bonds. The minimum absolute atomic E-state index is 0.327. The Morgan fingerprint density at radius 1 is 1.11 bits per heavy atom. The Balaban J connectivity index is 1.78. The lowest BCUT2D eigenvalue weighted by atomic mass is 10.3. The van der Waals surface area contributed by atoms with Gasteiger partial charge >= 0.3 is 0 Å². The minimum atomic E-state index is 0.327. The van der Waals surface area contributed by atoms with Crippen molar-refractivity contribution in [2.45, 2.75) is 6.92 Å². The summed E-state index contributed by atoms with van der Waals surface area (Å²) in [4.78, 5) is 18.3. The van der Waals surface area contributed by atoms with Gasteiger partial charge in [-0.05, 0) is 26.1 Å². The van der Waals surface area contributed by atoms with E-state index in [1.165, 1.54) is 0 Å². The zero-order chi connectivity index (χ0) is 19.5. The number of hydrogen-bond donors (Lipinski definition) is 2. The van der Waals surface area contributed by atoms with Gasteiger partial charge in [-0.3, -0.25) is 10.3 Å². The third kappa shape index (κ3) is 3.77. The molecule has 3 aromatic rings. The van der Waals surface area contributed by atoms with Crippen LogP contribution in [0.5, 0.6) is 0 Å². The van der Waals surface area contributed by atoms with Crippen LogP contribution in [0, 0.1) is 0 Å². The van der Waals surface area contributed by atoms with E-state index in [1.54, 1.807) is 0 Å². The maximum Gasteiger partial charge on any atom is 0.232 e. The molecule has 1 aliphatic rings. The number of fused-ring (bicyclic) bond motifs is 1. The number of nitrogens with one attached hydrogen (secondary N) is 1. The fourth-order valence-corrected chi connectivity index (χ4v) is 3.39. The van der Waals surface area contributed by atoms with E-state index < -0.39 is 0 Å². The predicted molar refractivity (Wildman–Crippen MR) is 114 cm³/mol. The predicted octanol–water partition coefficient (Wildman–Crippen LogP) is 1.92. The van der Waals surface area contributed by atoms with Crippen LogP contribution in [-0.2, 0) is 0 Å². The van der Waals surface area contributed by atoms with Crippen LogP contribution < -0.4 is 16.0 Å². The van der Waals surface area contributed by atoms with Gasteiger partial charge in [0.1, 0.15) is 5.82 Å². The third-order valence-electron chi connectivity index (χ3n) is 4.91. The minimum Gasteiger partial charge on any atom is -0.370 e. The summed E-state index contributed by atoms with van der Waals surface area (Å²) in [5.41, 5.74) is 7.90. The van der Waals surface area contributed by atoms with Gasteiger partial charge in [-0.15, -0.1) is 0 Å². The number of benzene rings is 1. The van der Waals surface area contributed by atoms with Crippen LogP contribution in [0.2, 0.25) is 0 Å². The van der Waals surface area contributed by atoms with Gasteiger partial charge in [-0.25, -0.2) is 4.98 Å². The summed E-state index contributed by atoms with van der Waals surface area (Å²) in [6, 6.07) is 10.2. The van der Waals surface area contributed by atoms with Gasteiger partial charge in [0.05, 0.1) is 10.9 Å². The molecule has 0 unspecified atom stereocenters. The number of hydrogen-bond acceptors (Lipinski definition) is 5. The number of anilines is 2. The van der Waals surface area contributed by atoms with Gasteiger partial charge in [-0.2, -0.15) is 4.98 Å². The first-order valence-corrected chi connectivity index (χ1v) is 9.59. The summed E-state index contributed by atoms with van der Waals surface area (Å²) in [7, 11) is 2.15. The molecule has 3 N–H and O–H groups in total. The number of rotatable bonds is 4. The fraction of sp³-hybridized carbons (Fsp3) is 0.350. The van der Waals surface area contributed by atoms with Crippen molar-refractivity contribution in [3.05, 3.63) is 42.7 Å². The van der Waals surface area contributed by atoms with Crippen molar-refractivity contribution in [2.75, 3.05) is 50.0 Å². The molecule has 0 bridgehead atoms. The van der Waals surface area contributed by atoms with Crippen LogP contribution in [-0.4, -0.2) is 65.2 Å². The van der Waals surface area contributed by atoms with Crippen LogP contribution in [0.3, 0.4) is 0 Å². The molecular weight excluding hydrogens is 352 g/mol. The van der Waals surface area contributed by atoms with Crippen molar-refractivity contribution in [2.24, 2.45) is 10.7 Å². The first-order valence-electron chi connectivity index (χ1n) is 9.59. The third-order valence-corrected chi connectivity index (χ3v) is 4.91. The number of likely N-dealkylation sites (N-methyl/N-ethyl adjacent to an activating group) is 1. The Morgan fingerprint density at radius 3 is 2.57 bits per heavy atom. The van der Waals surface area contributed by atoms with Gasteiger partial charge < -0.3 is 20.1 Å². The number of aliphatic imine (C=N–C) groups is 1. The number of guanidine groups is 1. The van der Waals surface area contributed by atoms with Crippen LogP contribution in [0.1, 0.15) is 6.92 Å². The summed E-state index contributed by atoms with van der Waals surface area (Å²) in [6.07, 6.45) is 4.13. The number of piperazine rings is 1. The average Bonchev–Trinajstić information content (AvgIpc) is 3.13. The lowest BCUT2D eigenvalue weighted by Crippen LogP contribution is -2.45. The highest BCUT2D eigenvalue weighted by Crippen LogP contribution is 2.28. The highest BCUT2D eigenvalue weighted by atomic mass is 15.3. The molecule has 0 spiro atoms. The van der Waals surface area contributed by atoms with E-state index in [1.807, 2.05) is 31.3 Å². The molecular formula is C20H26N8. The number of nitrogens with two attached hydrogens (primary N) is 1. The molecule has 1 saturated heterocycles. The van der Waals surface area contributed by atoms with Gasteiger partial charge in [-0.1, -0.05) is 18.2 Å². The first kappa shape index (κ1) is 18.2. The summed E-state index contributed by atoms with van der Waals surface area (Å²) in [6.45, 7) is 6.42. The molecule has 1 fully saturated rings. The molecule has 1 aromatic carbocycles. The molecule has 4 rings (SSSR count). The quantitative estimate of drug-likeness (QED) is 0.533. The van der Waals surface area contributed by atoms with E-state index in [9.17, 15) is 0 Å². The topological polar surface area (TPSA) is 87.6 Å². The number of para-hydroxylation sites is 1. The highest BCUT2D eigenvalue weighted by molar-refractivity contribution is 5.95. The standard InChI is InChI=1S/C20H26N8/c1-3-22-19(21)25-20-23-17-14-28(15-7-5-4-6-8-15)13-16(17)18(24-20)27-11-9-26(2)10-12-27/h4-8,13-14H,3,9-12H2,1-2H3,(H3,21,22,23,25). The number of aromatic nitrogens is 3. The smallest absolute Gasteiger partial charge is 0.232 e. The van der Waals surface area contributed by atoms with Crippen molar-refractivity contribution in [1.29, 1.82) is 0 Å². The monoisotopic (exact) mass is 378 g/mol. The molecule has 0 saturated carbocycles. The molecule has 3 heterocycles. The number of nitrogens with zero attached hydrogens (tertiary/aromatic N) is 6. The van der Waals surface area contributed by atoms with E-state index in [0.29, 0.717) is 18.5 Å². The molecule has 8 nitrogen and oxygen atoms in total. The Labute approximate surface area is 164 Å². The second kappa shape index (κ2) is 7.85. The summed E-state index contributed by atoms with van der Waals surface area (Å²) in [5, 5.41) is 4.06. The second-order valence-electron chi connectivity index (χ2n) is 6.95. The van der Waals surface area contributed by atoms with E-state index in [2.05, 4.69) is 55.0 Å². The fourth-order valence-electron chi connectivity index (χ4n) is 3.39. The SMILES string of the molecule is CCN=C(N)Nc1nc(N2CCN(C)CC2)c2cn(-c3ccccc3)cc2n1. The van der Waals surface area contributed by atoms with Crippen molar-refractivity contribution < 1.29 is 0 Å². The molecule has 1 aliphatic heterocycles. The molecule has 0 atom stereocenters. The molecule has 0 aliphatic carbocycles. The average molecular weight is 378 g/mol. The van der Waals surface area contributed by atoms with Crippen LogP contribution >= 0.6 is 0 Å². The lowest BCUT2D eigenvalue weighted by Gasteiger charge is -2.33. The maximum atomic E-state index is 5.94. The van der Waals surface area contributed by atoms with E-state index in [-0.39, 0.29) is 0 Å². The molecule has 8 heteroatoms. The summed E-state index contributed by atoms with van der Waals surface area (Å²) in [5.74, 6) is 1.73. The van der Waals surface area contributed by atoms with Crippen molar-refractivity contribution in [3.8, 4) is 5.69 Å². The van der Waals surface area contributed by atoms with E-state index in [0.717, 1.165) is 48.6 Å². The summed E-state index contributed by atoms with van der Waals surface area (Å²) >= 11 is 0. The van der Waals surface area contributed by atoms with Crippen molar-refractivity contribution >= 4 is 28.6 Å². The van der Waals surface area contributed by atoms with Crippen molar-refractivity contribution in [3.63, 3.8) is 0 Å². The second-order valence-corrected chi connectivity index (χ2v) is 6.95. The Hall–Kier alpha value is -3.13. The van der Waals surface area contributed by atoms with Crippen LogP contribution in [0.25, 0.3) is 16.6 Å². The molecule has 2 aromatic heterocycles. The van der Waals surface area contributed by atoms with Gasteiger partial charge in [0.2, 0.25) is 5.95 Å². The van der Waals surface area contributed by atoms with Crippen LogP contribution in [0.15, 0.2) is 47.7 Å². The van der Waals surface area contributed by atoms with Gasteiger partial charge in [0.15, 0.2) is 5.96 Å². The maximum absolute atomic E-state index is 5.94. The molecule has 146 valence electrons. The van der Waals surface area contributed by atoms with Crippen LogP contribution in [0.4, 0.5) is 11.8 Å². The summed E-state index contributed by atoms with van der Waals surface area (Å²) < 4.78 is 2.09. The van der Waals surface area contributed by atoms with E-state index >= 15 is 0 Å². The highest BCUT2D eigenvalue weighted by Gasteiger charge is 2.20.